The lowest BCUT2D eigenvalue weighted by atomic mass is 10.2. The molecule has 4 rings (SSSR count). The minimum atomic E-state index is 0.0225. The summed E-state index contributed by atoms with van der Waals surface area (Å²) in [6.45, 7) is 1.03. The Morgan fingerprint density at radius 1 is 1.09 bits per heavy atom. The minimum absolute atomic E-state index is 0.0225. The molecule has 0 N–H and O–H groups in total. The monoisotopic (exact) mass is 448 g/mol. The molecular weight excluding hydrogens is 424 g/mol. The predicted octanol–water partition coefficient (Wildman–Crippen LogP) is 4.35. The Labute approximate surface area is 191 Å². The average molecular weight is 449 g/mol. The van der Waals surface area contributed by atoms with Crippen LogP contribution in [0.15, 0.2) is 82.6 Å². The molecule has 0 aliphatic carbocycles. The summed E-state index contributed by atoms with van der Waals surface area (Å²) >= 11 is 1.37. The zero-order chi connectivity index (χ0) is 22.3. The third-order valence-corrected chi connectivity index (χ3v) is 5.90. The van der Waals surface area contributed by atoms with Crippen LogP contribution in [0, 0.1) is 0 Å². The summed E-state index contributed by atoms with van der Waals surface area (Å²) in [5.74, 6) is 2.49. The van der Waals surface area contributed by atoms with Crippen LogP contribution in [0.25, 0.3) is 11.4 Å². The van der Waals surface area contributed by atoms with E-state index < -0.39 is 0 Å². The first-order chi connectivity index (χ1) is 15.6. The summed E-state index contributed by atoms with van der Waals surface area (Å²) in [7, 11) is 3.44. The van der Waals surface area contributed by atoms with Crippen LogP contribution in [0.1, 0.15) is 11.3 Å². The highest BCUT2D eigenvalue weighted by Gasteiger charge is 2.18. The van der Waals surface area contributed by atoms with E-state index in [1.807, 2.05) is 78.3 Å². The Morgan fingerprint density at radius 3 is 2.69 bits per heavy atom. The lowest BCUT2D eigenvalue weighted by Crippen LogP contribution is -2.27. The third kappa shape index (κ3) is 5.20. The van der Waals surface area contributed by atoms with E-state index in [1.54, 1.807) is 18.3 Å². The van der Waals surface area contributed by atoms with Crippen molar-refractivity contribution in [2.45, 2.75) is 18.2 Å². The number of carbonyl (C=O) groups excluding carboxylic acids is 1. The Hall–Kier alpha value is -3.52. The van der Waals surface area contributed by atoms with Gasteiger partial charge in [-0.15, -0.1) is 10.2 Å². The molecule has 2 heterocycles. The van der Waals surface area contributed by atoms with E-state index in [0.29, 0.717) is 24.1 Å². The van der Waals surface area contributed by atoms with Crippen molar-refractivity contribution in [2.24, 2.45) is 0 Å². The SMILES string of the molecule is COc1cccc(-c2nnc(SCC(=O)N(C)Cc3ccccc3)n2Cc2ccco2)c1. The number of thioether (sulfide) groups is 1. The van der Waals surface area contributed by atoms with Crippen LogP contribution in [-0.2, 0) is 17.9 Å². The summed E-state index contributed by atoms with van der Waals surface area (Å²) < 4.78 is 12.9. The quantitative estimate of drug-likeness (QED) is 0.355. The van der Waals surface area contributed by atoms with E-state index in [9.17, 15) is 4.79 Å². The molecule has 0 unspecified atom stereocenters. The van der Waals surface area contributed by atoms with E-state index >= 15 is 0 Å². The Bertz CT molecular complexity index is 1160. The van der Waals surface area contributed by atoms with Crippen LogP contribution < -0.4 is 4.74 Å². The van der Waals surface area contributed by atoms with Gasteiger partial charge in [-0.05, 0) is 29.8 Å². The smallest absolute Gasteiger partial charge is 0.233 e. The predicted molar refractivity (Wildman–Crippen MR) is 123 cm³/mol. The second-order valence-electron chi connectivity index (χ2n) is 7.23. The maximum Gasteiger partial charge on any atom is 0.233 e. The standard InChI is InChI=1S/C24H24N4O3S/c1-27(15-18-8-4-3-5-9-18)22(29)17-32-24-26-25-23(19-10-6-11-20(14-19)30-2)28(24)16-21-12-7-13-31-21/h3-14H,15-17H2,1-2H3. The summed E-state index contributed by atoms with van der Waals surface area (Å²) in [5, 5.41) is 9.42. The van der Waals surface area contributed by atoms with Crippen LogP contribution in [0.2, 0.25) is 0 Å². The van der Waals surface area contributed by atoms with E-state index in [1.165, 1.54) is 11.8 Å². The van der Waals surface area contributed by atoms with Crippen LogP contribution in [-0.4, -0.2) is 45.5 Å². The molecule has 0 aliphatic heterocycles. The van der Waals surface area contributed by atoms with Crippen molar-refractivity contribution in [3.63, 3.8) is 0 Å². The van der Waals surface area contributed by atoms with Gasteiger partial charge in [-0.25, -0.2) is 0 Å². The van der Waals surface area contributed by atoms with Crippen molar-refractivity contribution in [3.8, 4) is 17.1 Å². The Kier molecular flexibility index (Phi) is 6.91. The molecule has 8 heteroatoms. The van der Waals surface area contributed by atoms with Gasteiger partial charge in [0.05, 0.1) is 25.7 Å². The first-order valence-electron chi connectivity index (χ1n) is 10.1. The zero-order valence-electron chi connectivity index (χ0n) is 18.0. The fourth-order valence-corrected chi connectivity index (χ4v) is 4.13. The Morgan fingerprint density at radius 2 is 1.94 bits per heavy atom. The number of furan rings is 1. The van der Waals surface area contributed by atoms with Gasteiger partial charge in [-0.1, -0.05) is 54.2 Å². The molecule has 0 aliphatic rings. The zero-order valence-corrected chi connectivity index (χ0v) is 18.8. The lowest BCUT2D eigenvalue weighted by Gasteiger charge is -2.17. The first kappa shape index (κ1) is 21.7. The molecule has 0 bridgehead atoms. The van der Waals surface area contributed by atoms with E-state index in [0.717, 1.165) is 22.6 Å². The van der Waals surface area contributed by atoms with Gasteiger partial charge in [0.2, 0.25) is 5.91 Å². The van der Waals surface area contributed by atoms with Crippen molar-refractivity contribution < 1.29 is 13.9 Å². The van der Waals surface area contributed by atoms with E-state index in [-0.39, 0.29) is 11.7 Å². The highest BCUT2D eigenvalue weighted by atomic mass is 32.2. The molecule has 0 atom stereocenters. The highest BCUT2D eigenvalue weighted by Crippen LogP contribution is 2.27. The average Bonchev–Trinajstić information content (AvgIpc) is 3.48. The second kappa shape index (κ2) is 10.2. The number of carbonyl (C=O) groups is 1. The number of hydrogen-bond donors (Lipinski definition) is 0. The van der Waals surface area contributed by atoms with Gasteiger partial charge in [0.15, 0.2) is 11.0 Å². The van der Waals surface area contributed by atoms with Crippen LogP contribution >= 0.6 is 11.8 Å². The number of amides is 1. The van der Waals surface area contributed by atoms with Gasteiger partial charge in [-0.3, -0.25) is 9.36 Å². The van der Waals surface area contributed by atoms with E-state index in [4.69, 9.17) is 9.15 Å². The summed E-state index contributed by atoms with van der Waals surface area (Å²) in [5.41, 5.74) is 1.97. The molecule has 0 radical (unpaired) electrons. The number of ether oxygens (including phenoxy) is 1. The van der Waals surface area contributed by atoms with E-state index in [2.05, 4.69) is 10.2 Å². The normalized spacial score (nSPS) is 10.8. The summed E-state index contributed by atoms with van der Waals surface area (Å²) in [6, 6.07) is 21.3. The molecule has 0 saturated heterocycles. The van der Waals surface area contributed by atoms with Crippen molar-refractivity contribution in [1.29, 1.82) is 0 Å². The number of rotatable bonds is 9. The first-order valence-corrected chi connectivity index (χ1v) is 11.1. The summed E-state index contributed by atoms with van der Waals surface area (Å²) in [4.78, 5) is 14.4. The molecule has 164 valence electrons. The molecule has 0 saturated carbocycles. The molecular formula is C24H24N4O3S. The van der Waals surface area contributed by atoms with Crippen molar-refractivity contribution in [1.82, 2.24) is 19.7 Å². The lowest BCUT2D eigenvalue weighted by molar-refractivity contribution is -0.127. The van der Waals surface area contributed by atoms with Crippen molar-refractivity contribution in [2.75, 3.05) is 19.9 Å². The maximum atomic E-state index is 12.7. The molecule has 0 spiro atoms. The molecule has 2 aromatic carbocycles. The maximum absolute atomic E-state index is 12.7. The van der Waals surface area contributed by atoms with Crippen molar-refractivity contribution >= 4 is 17.7 Å². The van der Waals surface area contributed by atoms with Gasteiger partial charge < -0.3 is 14.1 Å². The minimum Gasteiger partial charge on any atom is -0.497 e. The van der Waals surface area contributed by atoms with Gasteiger partial charge in [0.1, 0.15) is 11.5 Å². The largest absolute Gasteiger partial charge is 0.497 e. The topological polar surface area (TPSA) is 73.4 Å². The number of benzene rings is 2. The molecule has 0 fully saturated rings. The molecule has 1 amide bonds. The van der Waals surface area contributed by atoms with Gasteiger partial charge in [0, 0.05) is 19.2 Å². The number of hydrogen-bond acceptors (Lipinski definition) is 6. The van der Waals surface area contributed by atoms with Crippen LogP contribution in [0.4, 0.5) is 0 Å². The third-order valence-electron chi connectivity index (χ3n) is 4.95. The van der Waals surface area contributed by atoms with Crippen LogP contribution in [0.3, 0.4) is 0 Å². The van der Waals surface area contributed by atoms with Crippen molar-refractivity contribution in [3.05, 3.63) is 84.3 Å². The number of methoxy groups -OCH3 is 1. The fourth-order valence-electron chi connectivity index (χ4n) is 3.25. The van der Waals surface area contributed by atoms with Crippen LogP contribution in [0.5, 0.6) is 5.75 Å². The molecule has 7 nitrogen and oxygen atoms in total. The van der Waals surface area contributed by atoms with Gasteiger partial charge in [0.25, 0.3) is 0 Å². The summed E-state index contributed by atoms with van der Waals surface area (Å²) in [6.07, 6.45) is 1.64. The van der Waals surface area contributed by atoms with Gasteiger partial charge >= 0.3 is 0 Å². The second-order valence-corrected chi connectivity index (χ2v) is 8.17. The van der Waals surface area contributed by atoms with Gasteiger partial charge in [-0.2, -0.15) is 0 Å². The number of aromatic nitrogens is 3. The molecule has 2 aromatic heterocycles. The Balaban J connectivity index is 1.52. The number of nitrogens with zero attached hydrogens (tertiary/aromatic N) is 4. The molecule has 4 aromatic rings. The fraction of sp³-hybridized carbons (Fsp3) is 0.208. The highest BCUT2D eigenvalue weighted by molar-refractivity contribution is 7.99. The molecule has 32 heavy (non-hydrogen) atoms.